The third kappa shape index (κ3) is 3.07. The van der Waals surface area contributed by atoms with Gasteiger partial charge in [-0.1, -0.05) is 23.4 Å². The first-order valence-electron chi connectivity index (χ1n) is 8.47. The molecule has 0 radical (unpaired) electrons. The highest BCUT2D eigenvalue weighted by Gasteiger charge is 2.29. The van der Waals surface area contributed by atoms with E-state index >= 15 is 0 Å². The van der Waals surface area contributed by atoms with Crippen molar-refractivity contribution in [2.24, 2.45) is 5.92 Å². The van der Waals surface area contributed by atoms with Gasteiger partial charge in [0.2, 0.25) is 5.89 Å². The van der Waals surface area contributed by atoms with E-state index in [1.165, 1.54) is 16.5 Å². The number of para-hydroxylation sites is 1. The maximum atomic E-state index is 5.50. The number of hydrogen-bond donors (Lipinski definition) is 2. The van der Waals surface area contributed by atoms with E-state index in [2.05, 4.69) is 44.7 Å². The van der Waals surface area contributed by atoms with Crippen LogP contribution >= 0.6 is 0 Å². The highest BCUT2D eigenvalue weighted by Crippen LogP contribution is 2.30. The summed E-state index contributed by atoms with van der Waals surface area (Å²) < 4.78 is 11.0. The zero-order chi connectivity index (χ0) is 16.4. The van der Waals surface area contributed by atoms with E-state index in [0.717, 1.165) is 32.6 Å². The molecule has 2 N–H and O–H groups in total. The number of H-pyrrole nitrogens is 1. The van der Waals surface area contributed by atoms with Crippen LogP contribution in [-0.2, 0) is 11.3 Å². The molecular formula is C18H22N4O2. The molecule has 6 heteroatoms. The molecule has 24 heavy (non-hydrogen) atoms. The lowest BCUT2D eigenvalue weighted by atomic mass is 9.91. The minimum absolute atomic E-state index is 0.0559. The van der Waals surface area contributed by atoms with Gasteiger partial charge in [0, 0.05) is 31.5 Å². The lowest BCUT2D eigenvalue weighted by Gasteiger charge is -2.28. The number of fused-ring (bicyclic) bond motifs is 1. The summed E-state index contributed by atoms with van der Waals surface area (Å²) in [7, 11) is 0. The largest absolute Gasteiger partial charge is 0.381 e. The number of ether oxygens (including phenoxy) is 1. The third-order valence-corrected chi connectivity index (χ3v) is 4.73. The number of nitrogens with one attached hydrogen (secondary N) is 2. The summed E-state index contributed by atoms with van der Waals surface area (Å²) in [6.45, 7) is 4.19. The summed E-state index contributed by atoms with van der Waals surface area (Å²) in [4.78, 5) is 7.79. The molecule has 3 aromatic rings. The van der Waals surface area contributed by atoms with Gasteiger partial charge >= 0.3 is 0 Å². The molecule has 1 atom stereocenters. The van der Waals surface area contributed by atoms with Crippen LogP contribution in [0.5, 0.6) is 0 Å². The van der Waals surface area contributed by atoms with E-state index < -0.39 is 0 Å². The van der Waals surface area contributed by atoms with Crippen molar-refractivity contribution >= 4 is 10.9 Å². The Morgan fingerprint density at radius 1 is 1.29 bits per heavy atom. The van der Waals surface area contributed by atoms with Crippen molar-refractivity contribution in [3.8, 4) is 0 Å². The summed E-state index contributed by atoms with van der Waals surface area (Å²) in [5, 5.41) is 8.84. The van der Waals surface area contributed by atoms with Crippen LogP contribution in [0.25, 0.3) is 10.9 Å². The molecule has 0 bridgehead atoms. The van der Waals surface area contributed by atoms with Gasteiger partial charge in [-0.15, -0.1) is 0 Å². The van der Waals surface area contributed by atoms with Crippen molar-refractivity contribution in [3.63, 3.8) is 0 Å². The average Bonchev–Trinajstić information content (AvgIpc) is 3.25. The second-order valence-electron chi connectivity index (χ2n) is 6.35. The molecule has 0 amide bonds. The molecule has 126 valence electrons. The summed E-state index contributed by atoms with van der Waals surface area (Å²) in [6, 6.07) is 8.50. The number of aromatic amines is 1. The van der Waals surface area contributed by atoms with Crippen LogP contribution < -0.4 is 5.32 Å². The molecule has 0 spiro atoms. The first-order valence-corrected chi connectivity index (χ1v) is 8.47. The smallest absolute Gasteiger partial charge is 0.244 e. The van der Waals surface area contributed by atoms with E-state index in [1.807, 2.05) is 13.1 Å². The number of aryl methyl sites for hydroxylation is 1. The summed E-state index contributed by atoms with van der Waals surface area (Å²) in [5.74, 6) is 1.80. The zero-order valence-corrected chi connectivity index (χ0v) is 13.8. The highest BCUT2D eigenvalue weighted by atomic mass is 16.5. The van der Waals surface area contributed by atoms with Crippen LogP contribution in [0.3, 0.4) is 0 Å². The van der Waals surface area contributed by atoms with Gasteiger partial charge in [0.25, 0.3) is 0 Å². The van der Waals surface area contributed by atoms with Crippen LogP contribution in [0.1, 0.15) is 36.2 Å². The van der Waals surface area contributed by atoms with E-state index in [4.69, 9.17) is 9.26 Å². The Kier molecular flexibility index (Phi) is 4.32. The van der Waals surface area contributed by atoms with Crippen LogP contribution in [-0.4, -0.2) is 28.3 Å². The Morgan fingerprint density at radius 3 is 2.96 bits per heavy atom. The van der Waals surface area contributed by atoms with Crippen LogP contribution in [0.2, 0.25) is 0 Å². The van der Waals surface area contributed by atoms with Gasteiger partial charge in [0.05, 0.1) is 6.04 Å². The molecule has 2 aromatic heterocycles. The quantitative estimate of drug-likeness (QED) is 0.753. The Balaban J connectivity index is 1.56. The summed E-state index contributed by atoms with van der Waals surface area (Å²) in [6.07, 6.45) is 3.99. The first kappa shape index (κ1) is 15.4. The topological polar surface area (TPSA) is 76.0 Å². The average molecular weight is 326 g/mol. The van der Waals surface area contributed by atoms with Crippen LogP contribution in [0.4, 0.5) is 0 Å². The molecule has 3 heterocycles. The monoisotopic (exact) mass is 326 g/mol. The van der Waals surface area contributed by atoms with E-state index in [-0.39, 0.29) is 6.04 Å². The summed E-state index contributed by atoms with van der Waals surface area (Å²) in [5.41, 5.74) is 2.42. The summed E-state index contributed by atoms with van der Waals surface area (Å²) >= 11 is 0. The Hall–Kier alpha value is -2.18. The standard InChI is InChI=1S/C18H22N4O2/c1-12-21-18(24-22-12)17(14-6-9-23-10-7-14)20-11-15-4-2-3-13-5-8-19-16(13)15/h2-5,8,14,17,19-20H,6-7,9-11H2,1H3. The maximum Gasteiger partial charge on any atom is 0.244 e. The van der Waals surface area contributed by atoms with E-state index in [9.17, 15) is 0 Å². The molecule has 4 rings (SSSR count). The van der Waals surface area contributed by atoms with Crippen molar-refractivity contribution in [1.82, 2.24) is 20.4 Å². The number of nitrogens with zero attached hydrogens (tertiary/aromatic N) is 2. The molecule has 1 saturated heterocycles. The predicted molar refractivity (Wildman–Crippen MR) is 90.5 cm³/mol. The molecule has 1 aromatic carbocycles. The second kappa shape index (κ2) is 6.75. The van der Waals surface area contributed by atoms with E-state index in [1.54, 1.807) is 0 Å². The van der Waals surface area contributed by atoms with Gasteiger partial charge < -0.3 is 19.6 Å². The molecule has 1 fully saturated rings. The van der Waals surface area contributed by atoms with Crippen molar-refractivity contribution in [2.45, 2.75) is 32.4 Å². The Bertz CT molecular complexity index is 804. The molecule has 1 aliphatic heterocycles. The number of hydrogen-bond acceptors (Lipinski definition) is 5. The molecule has 1 aliphatic rings. The fourth-order valence-corrected chi connectivity index (χ4v) is 3.46. The fourth-order valence-electron chi connectivity index (χ4n) is 3.46. The van der Waals surface area contributed by atoms with E-state index in [0.29, 0.717) is 17.6 Å². The predicted octanol–water partition coefficient (Wildman–Crippen LogP) is 3.12. The van der Waals surface area contributed by atoms with Crippen LogP contribution in [0, 0.1) is 12.8 Å². The SMILES string of the molecule is Cc1noc(C(NCc2cccc3cc[nH]c23)C2CCOCC2)n1. The van der Waals surface area contributed by atoms with Crippen molar-refractivity contribution in [3.05, 3.63) is 47.7 Å². The van der Waals surface area contributed by atoms with Gasteiger partial charge in [-0.3, -0.25) is 0 Å². The molecule has 0 saturated carbocycles. The lowest BCUT2D eigenvalue weighted by molar-refractivity contribution is 0.0485. The number of benzene rings is 1. The normalized spacial score (nSPS) is 17.4. The molecule has 0 aliphatic carbocycles. The van der Waals surface area contributed by atoms with Crippen LogP contribution in [0.15, 0.2) is 35.0 Å². The zero-order valence-electron chi connectivity index (χ0n) is 13.8. The van der Waals surface area contributed by atoms with Gasteiger partial charge in [-0.25, -0.2) is 0 Å². The van der Waals surface area contributed by atoms with Gasteiger partial charge in [0.1, 0.15) is 0 Å². The van der Waals surface area contributed by atoms with Gasteiger partial charge in [0.15, 0.2) is 5.82 Å². The van der Waals surface area contributed by atoms with Crippen molar-refractivity contribution in [2.75, 3.05) is 13.2 Å². The molecule has 6 nitrogen and oxygen atoms in total. The van der Waals surface area contributed by atoms with Crippen molar-refractivity contribution in [1.29, 1.82) is 0 Å². The highest BCUT2D eigenvalue weighted by molar-refractivity contribution is 5.82. The molecule has 1 unspecified atom stereocenters. The van der Waals surface area contributed by atoms with Gasteiger partial charge in [-0.05, 0) is 42.7 Å². The molecular weight excluding hydrogens is 304 g/mol. The second-order valence-corrected chi connectivity index (χ2v) is 6.35. The number of rotatable bonds is 5. The number of aromatic nitrogens is 3. The maximum absolute atomic E-state index is 5.50. The Morgan fingerprint density at radius 2 is 2.17 bits per heavy atom. The first-order chi connectivity index (χ1) is 11.8. The van der Waals surface area contributed by atoms with Gasteiger partial charge in [-0.2, -0.15) is 4.98 Å². The fraction of sp³-hybridized carbons (Fsp3) is 0.444. The minimum atomic E-state index is 0.0559. The Labute approximate surface area is 140 Å². The third-order valence-electron chi connectivity index (χ3n) is 4.73. The lowest BCUT2D eigenvalue weighted by Crippen LogP contribution is -2.32. The minimum Gasteiger partial charge on any atom is -0.381 e. The van der Waals surface area contributed by atoms with Crippen molar-refractivity contribution < 1.29 is 9.26 Å².